The molecule has 3 heteroatoms. The van der Waals surface area contributed by atoms with Gasteiger partial charge < -0.3 is 10.1 Å². The summed E-state index contributed by atoms with van der Waals surface area (Å²) in [5.74, 6) is 1.87. The fraction of sp³-hybridized carbons (Fsp3) is 0.944. The molecule has 1 aliphatic heterocycles. The van der Waals surface area contributed by atoms with Crippen molar-refractivity contribution >= 4 is 5.97 Å². The Bertz CT molecular complexity index is 323. The molecule has 1 saturated heterocycles. The van der Waals surface area contributed by atoms with E-state index in [2.05, 4.69) is 26.1 Å². The van der Waals surface area contributed by atoms with Gasteiger partial charge in [0.2, 0.25) is 0 Å². The van der Waals surface area contributed by atoms with E-state index in [0.29, 0.717) is 30.2 Å². The molecule has 21 heavy (non-hydrogen) atoms. The van der Waals surface area contributed by atoms with Gasteiger partial charge in [-0.2, -0.15) is 0 Å². The van der Waals surface area contributed by atoms with Gasteiger partial charge in [-0.15, -0.1) is 0 Å². The van der Waals surface area contributed by atoms with Crippen molar-refractivity contribution in [3.63, 3.8) is 0 Å². The zero-order valence-corrected chi connectivity index (χ0v) is 14.1. The van der Waals surface area contributed by atoms with Gasteiger partial charge in [-0.3, -0.25) is 4.79 Å². The molecule has 4 unspecified atom stereocenters. The maximum Gasteiger partial charge on any atom is 0.306 e. The average molecular weight is 295 g/mol. The number of hydrogen-bond donors (Lipinski definition) is 1. The monoisotopic (exact) mass is 295 g/mol. The standard InChI is InChI=1S/C18H33NO2/c1-13(2)16-9-7-14(3)12-17(16)21-18(20)10-8-15-6-4-5-11-19-15/h13-17,19H,4-12H2,1-3H3. The Morgan fingerprint density at radius 2 is 2.05 bits per heavy atom. The minimum Gasteiger partial charge on any atom is -0.462 e. The third-order valence-electron chi connectivity index (χ3n) is 5.35. The van der Waals surface area contributed by atoms with E-state index in [1.807, 2.05) is 0 Å². The van der Waals surface area contributed by atoms with Crippen LogP contribution in [0.2, 0.25) is 0 Å². The van der Waals surface area contributed by atoms with Crippen LogP contribution in [-0.2, 0) is 9.53 Å². The Morgan fingerprint density at radius 1 is 1.24 bits per heavy atom. The van der Waals surface area contributed by atoms with Crippen molar-refractivity contribution in [2.45, 2.75) is 84.3 Å². The summed E-state index contributed by atoms with van der Waals surface area (Å²) in [6.45, 7) is 7.90. The minimum absolute atomic E-state index is 0.0205. The molecular weight excluding hydrogens is 262 g/mol. The third kappa shape index (κ3) is 5.28. The van der Waals surface area contributed by atoms with Crippen LogP contribution in [0.1, 0.15) is 72.1 Å². The first-order valence-corrected chi connectivity index (χ1v) is 8.99. The smallest absolute Gasteiger partial charge is 0.306 e. The normalized spacial score (nSPS) is 33.9. The summed E-state index contributed by atoms with van der Waals surface area (Å²) in [5, 5.41) is 3.50. The lowest BCUT2D eigenvalue weighted by atomic mass is 9.75. The van der Waals surface area contributed by atoms with Crippen LogP contribution >= 0.6 is 0 Å². The number of carbonyl (C=O) groups is 1. The second-order valence-electron chi connectivity index (χ2n) is 7.54. The second-order valence-corrected chi connectivity index (χ2v) is 7.54. The zero-order chi connectivity index (χ0) is 15.2. The van der Waals surface area contributed by atoms with Gasteiger partial charge in [0.05, 0.1) is 0 Å². The van der Waals surface area contributed by atoms with Crippen LogP contribution in [0, 0.1) is 17.8 Å². The van der Waals surface area contributed by atoms with E-state index in [1.165, 1.54) is 32.1 Å². The fourth-order valence-electron chi connectivity index (χ4n) is 3.94. The zero-order valence-electron chi connectivity index (χ0n) is 14.1. The van der Waals surface area contributed by atoms with Gasteiger partial charge in [0.15, 0.2) is 0 Å². The maximum atomic E-state index is 12.2. The first-order chi connectivity index (χ1) is 10.1. The molecule has 2 fully saturated rings. The summed E-state index contributed by atoms with van der Waals surface area (Å²) in [6, 6.07) is 0.525. The van der Waals surface area contributed by atoms with E-state index < -0.39 is 0 Å². The van der Waals surface area contributed by atoms with E-state index in [1.54, 1.807) is 0 Å². The van der Waals surface area contributed by atoms with Crippen molar-refractivity contribution in [3.8, 4) is 0 Å². The molecule has 2 aliphatic rings. The van der Waals surface area contributed by atoms with Crippen molar-refractivity contribution < 1.29 is 9.53 Å². The van der Waals surface area contributed by atoms with Crippen LogP contribution in [0.4, 0.5) is 0 Å². The Labute approximate surface area is 130 Å². The molecule has 122 valence electrons. The van der Waals surface area contributed by atoms with Crippen LogP contribution in [0.3, 0.4) is 0 Å². The van der Waals surface area contributed by atoms with Crippen LogP contribution < -0.4 is 5.32 Å². The molecule has 0 radical (unpaired) electrons. The Kier molecular flexibility index (Phi) is 6.53. The highest BCUT2D eigenvalue weighted by atomic mass is 16.5. The van der Waals surface area contributed by atoms with E-state index in [-0.39, 0.29) is 12.1 Å². The molecule has 1 heterocycles. The van der Waals surface area contributed by atoms with E-state index in [4.69, 9.17) is 4.74 Å². The van der Waals surface area contributed by atoms with Gasteiger partial charge in [0.1, 0.15) is 6.10 Å². The van der Waals surface area contributed by atoms with Crippen molar-refractivity contribution in [2.75, 3.05) is 6.54 Å². The predicted molar refractivity (Wildman–Crippen MR) is 86.1 cm³/mol. The van der Waals surface area contributed by atoms with E-state index >= 15 is 0 Å². The largest absolute Gasteiger partial charge is 0.462 e. The number of hydrogen-bond acceptors (Lipinski definition) is 3. The number of piperidine rings is 1. The van der Waals surface area contributed by atoms with Gasteiger partial charge in [-0.05, 0) is 56.4 Å². The average Bonchev–Trinajstić information content (AvgIpc) is 2.46. The molecule has 0 aromatic carbocycles. The number of nitrogens with one attached hydrogen (secondary N) is 1. The summed E-state index contributed by atoms with van der Waals surface area (Å²) in [4.78, 5) is 12.2. The molecule has 1 N–H and O–H groups in total. The number of rotatable bonds is 5. The van der Waals surface area contributed by atoms with Gasteiger partial charge in [0, 0.05) is 12.5 Å². The summed E-state index contributed by atoms with van der Waals surface area (Å²) in [6.07, 6.45) is 8.99. The number of esters is 1. The first-order valence-electron chi connectivity index (χ1n) is 8.99. The molecule has 2 rings (SSSR count). The predicted octanol–water partition coefficient (Wildman–Crippen LogP) is 3.91. The van der Waals surface area contributed by atoms with Crippen LogP contribution in [0.15, 0.2) is 0 Å². The lowest BCUT2D eigenvalue weighted by Crippen LogP contribution is -2.37. The molecule has 1 aliphatic carbocycles. The van der Waals surface area contributed by atoms with Crippen LogP contribution in [0.25, 0.3) is 0 Å². The Morgan fingerprint density at radius 3 is 2.71 bits per heavy atom. The van der Waals surface area contributed by atoms with Crippen molar-refractivity contribution in [3.05, 3.63) is 0 Å². The van der Waals surface area contributed by atoms with Gasteiger partial charge >= 0.3 is 5.97 Å². The molecule has 0 aromatic rings. The minimum atomic E-state index is 0.0205. The van der Waals surface area contributed by atoms with E-state index in [9.17, 15) is 4.79 Å². The maximum absolute atomic E-state index is 12.2. The molecule has 0 bridgehead atoms. The van der Waals surface area contributed by atoms with Crippen molar-refractivity contribution in [2.24, 2.45) is 17.8 Å². The molecule has 0 amide bonds. The van der Waals surface area contributed by atoms with Crippen LogP contribution in [-0.4, -0.2) is 24.7 Å². The number of carbonyl (C=O) groups excluding carboxylic acids is 1. The summed E-state index contributed by atoms with van der Waals surface area (Å²) >= 11 is 0. The summed E-state index contributed by atoms with van der Waals surface area (Å²) < 4.78 is 5.86. The molecular formula is C18H33NO2. The van der Waals surface area contributed by atoms with Crippen LogP contribution in [0.5, 0.6) is 0 Å². The topological polar surface area (TPSA) is 38.3 Å². The highest BCUT2D eigenvalue weighted by Gasteiger charge is 2.33. The molecule has 3 nitrogen and oxygen atoms in total. The van der Waals surface area contributed by atoms with Crippen molar-refractivity contribution in [1.82, 2.24) is 5.32 Å². The van der Waals surface area contributed by atoms with E-state index in [0.717, 1.165) is 19.4 Å². The molecule has 1 saturated carbocycles. The third-order valence-corrected chi connectivity index (χ3v) is 5.35. The number of ether oxygens (including phenoxy) is 1. The Hall–Kier alpha value is -0.570. The lowest BCUT2D eigenvalue weighted by molar-refractivity contribution is -0.156. The van der Waals surface area contributed by atoms with Gasteiger partial charge in [-0.25, -0.2) is 0 Å². The van der Waals surface area contributed by atoms with Crippen molar-refractivity contribution in [1.29, 1.82) is 0 Å². The fourth-order valence-corrected chi connectivity index (χ4v) is 3.94. The molecule has 0 spiro atoms. The Balaban J connectivity index is 1.76. The highest BCUT2D eigenvalue weighted by Crippen LogP contribution is 2.35. The quantitative estimate of drug-likeness (QED) is 0.781. The lowest BCUT2D eigenvalue weighted by Gasteiger charge is -2.36. The molecule has 4 atom stereocenters. The van der Waals surface area contributed by atoms with Gasteiger partial charge in [0.25, 0.3) is 0 Å². The SMILES string of the molecule is CC1CCC(C(C)C)C(OC(=O)CCC2CCCCN2)C1. The highest BCUT2D eigenvalue weighted by molar-refractivity contribution is 5.69. The summed E-state index contributed by atoms with van der Waals surface area (Å²) in [7, 11) is 0. The van der Waals surface area contributed by atoms with Gasteiger partial charge in [-0.1, -0.05) is 33.6 Å². The second kappa shape index (κ2) is 8.17. The summed E-state index contributed by atoms with van der Waals surface area (Å²) in [5.41, 5.74) is 0. The molecule has 0 aromatic heterocycles. The first kappa shape index (κ1) is 16.8.